The highest BCUT2D eigenvalue weighted by Gasteiger charge is 2.37. The predicted octanol–water partition coefficient (Wildman–Crippen LogP) is 1.80. The molecule has 2 saturated heterocycles. The Morgan fingerprint density at radius 3 is 2.54 bits per heavy atom. The van der Waals surface area contributed by atoms with Gasteiger partial charge in [-0.3, -0.25) is 9.69 Å². The average Bonchev–Trinajstić information content (AvgIpc) is 2.61. The van der Waals surface area contributed by atoms with Gasteiger partial charge >= 0.3 is 0 Å². The van der Waals surface area contributed by atoms with Crippen LogP contribution in [0.5, 0.6) is 0 Å². The number of nitrogens with zero attached hydrogens (tertiary/aromatic N) is 3. The lowest BCUT2D eigenvalue weighted by molar-refractivity contribution is -0.138. The lowest BCUT2D eigenvalue weighted by Gasteiger charge is -2.40. The molecular weight excluding hydrogens is 374 g/mol. The second-order valence-electron chi connectivity index (χ2n) is 7.12. The van der Waals surface area contributed by atoms with Gasteiger partial charge in [-0.05, 0) is 30.5 Å². The van der Waals surface area contributed by atoms with Crippen molar-refractivity contribution in [2.75, 3.05) is 39.0 Å². The topological polar surface area (TPSA) is 60.9 Å². The zero-order chi connectivity index (χ0) is 18.7. The van der Waals surface area contributed by atoms with Crippen molar-refractivity contribution < 1.29 is 13.2 Å². The van der Waals surface area contributed by atoms with Crippen LogP contribution in [-0.4, -0.2) is 73.5 Å². The summed E-state index contributed by atoms with van der Waals surface area (Å²) in [6.45, 7) is 4.08. The van der Waals surface area contributed by atoms with E-state index < -0.39 is 16.1 Å². The van der Waals surface area contributed by atoms with Crippen molar-refractivity contribution in [1.29, 1.82) is 0 Å². The number of halogens is 1. The molecule has 2 aliphatic rings. The largest absolute Gasteiger partial charge is 0.339 e. The first kappa shape index (κ1) is 19.6. The van der Waals surface area contributed by atoms with E-state index in [0.29, 0.717) is 26.1 Å². The Labute approximate surface area is 160 Å². The summed E-state index contributed by atoms with van der Waals surface area (Å²) in [7, 11) is -3.35. The smallest absolute Gasteiger partial charge is 0.241 e. The summed E-state index contributed by atoms with van der Waals surface area (Å²) in [5.74, 6) is -0.0440. The van der Waals surface area contributed by atoms with Crippen LogP contribution < -0.4 is 0 Å². The molecule has 1 aromatic rings. The van der Waals surface area contributed by atoms with Crippen LogP contribution in [0.3, 0.4) is 0 Å². The Balaban J connectivity index is 1.57. The van der Waals surface area contributed by atoms with Gasteiger partial charge in [-0.2, -0.15) is 4.31 Å². The normalized spacial score (nSPS) is 23.2. The minimum absolute atomic E-state index is 0.0440. The molecule has 26 heavy (non-hydrogen) atoms. The Morgan fingerprint density at radius 1 is 1.15 bits per heavy atom. The first-order valence-corrected chi connectivity index (χ1v) is 11.3. The second-order valence-corrected chi connectivity index (χ2v) is 9.49. The third-order valence-corrected chi connectivity index (χ3v) is 6.67. The van der Waals surface area contributed by atoms with E-state index in [1.165, 1.54) is 10.6 Å². The molecule has 2 aliphatic heterocycles. The second kappa shape index (κ2) is 8.25. The standard InChI is InChI=1S/C18H26ClN3O3S/c1-26(24,25)22-8-3-2-7-17(22)18(23)21-11-9-20(10-12-21)14-15-5-4-6-16(19)13-15/h4-6,13,17H,2-3,7-12,14H2,1H3. The molecule has 1 amide bonds. The maximum Gasteiger partial charge on any atom is 0.241 e. The molecule has 0 spiro atoms. The summed E-state index contributed by atoms with van der Waals surface area (Å²) in [6, 6.07) is 7.29. The van der Waals surface area contributed by atoms with Crippen LogP contribution in [0, 0.1) is 0 Å². The highest BCUT2D eigenvalue weighted by molar-refractivity contribution is 7.88. The molecule has 6 nitrogen and oxygen atoms in total. The van der Waals surface area contributed by atoms with E-state index in [0.717, 1.165) is 43.1 Å². The summed E-state index contributed by atoms with van der Waals surface area (Å²) >= 11 is 6.04. The number of hydrogen-bond donors (Lipinski definition) is 0. The van der Waals surface area contributed by atoms with Gasteiger partial charge in [-0.15, -0.1) is 0 Å². The lowest BCUT2D eigenvalue weighted by Crippen LogP contribution is -2.56. The molecule has 8 heteroatoms. The van der Waals surface area contributed by atoms with Crippen LogP contribution >= 0.6 is 11.6 Å². The van der Waals surface area contributed by atoms with Crippen molar-refractivity contribution in [2.24, 2.45) is 0 Å². The Morgan fingerprint density at radius 2 is 1.88 bits per heavy atom. The van der Waals surface area contributed by atoms with E-state index >= 15 is 0 Å². The number of sulfonamides is 1. The highest BCUT2D eigenvalue weighted by Crippen LogP contribution is 2.22. The van der Waals surface area contributed by atoms with Gasteiger partial charge in [0.05, 0.1) is 6.26 Å². The average molecular weight is 400 g/mol. The Bertz CT molecular complexity index is 748. The zero-order valence-electron chi connectivity index (χ0n) is 15.1. The number of hydrogen-bond acceptors (Lipinski definition) is 4. The van der Waals surface area contributed by atoms with Crippen molar-refractivity contribution >= 4 is 27.5 Å². The van der Waals surface area contributed by atoms with Crippen LogP contribution in [0.15, 0.2) is 24.3 Å². The predicted molar refractivity (Wildman–Crippen MR) is 102 cm³/mol. The third-order valence-electron chi connectivity index (χ3n) is 5.14. The summed E-state index contributed by atoms with van der Waals surface area (Å²) < 4.78 is 25.4. The maximum absolute atomic E-state index is 12.9. The summed E-state index contributed by atoms with van der Waals surface area (Å²) in [5, 5.41) is 0.731. The molecule has 0 radical (unpaired) electrons. The van der Waals surface area contributed by atoms with E-state index in [-0.39, 0.29) is 5.91 Å². The maximum atomic E-state index is 12.9. The molecule has 0 N–H and O–H groups in total. The monoisotopic (exact) mass is 399 g/mol. The van der Waals surface area contributed by atoms with E-state index in [1.54, 1.807) is 0 Å². The van der Waals surface area contributed by atoms with Crippen LogP contribution in [0.25, 0.3) is 0 Å². The summed E-state index contributed by atoms with van der Waals surface area (Å²) in [5.41, 5.74) is 1.16. The van der Waals surface area contributed by atoms with E-state index in [4.69, 9.17) is 11.6 Å². The van der Waals surface area contributed by atoms with Gasteiger partial charge in [0.15, 0.2) is 0 Å². The SMILES string of the molecule is CS(=O)(=O)N1CCCCC1C(=O)N1CCN(Cc2cccc(Cl)c2)CC1. The Kier molecular flexibility index (Phi) is 6.22. The molecular formula is C18H26ClN3O3S. The van der Waals surface area contributed by atoms with Gasteiger partial charge in [0.1, 0.15) is 6.04 Å². The number of piperidine rings is 1. The molecule has 0 saturated carbocycles. The fourth-order valence-electron chi connectivity index (χ4n) is 3.78. The van der Waals surface area contributed by atoms with Crippen LogP contribution in [0.2, 0.25) is 5.02 Å². The molecule has 1 aromatic carbocycles. The fourth-order valence-corrected chi connectivity index (χ4v) is 5.11. The minimum atomic E-state index is -3.35. The highest BCUT2D eigenvalue weighted by atomic mass is 35.5. The number of rotatable bonds is 4. The van der Waals surface area contributed by atoms with E-state index in [9.17, 15) is 13.2 Å². The Hall–Kier alpha value is -1.15. The molecule has 0 aromatic heterocycles. The molecule has 1 atom stereocenters. The van der Waals surface area contributed by atoms with Gasteiger partial charge in [0, 0.05) is 44.3 Å². The fraction of sp³-hybridized carbons (Fsp3) is 0.611. The van der Waals surface area contributed by atoms with Crippen molar-refractivity contribution in [3.05, 3.63) is 34.9 Å². The number of carbonyl (C=O) groups excluding carboxylic acids is 1. The number of carbonyl (C=O) groups is 1. The summed E-state index contributed by atoms with van der Waals surface area (Å²) in [4.78, 5) is 17.0. The quantitative estimate of drug-likeness (QED) is 0.774. The van der Waals surface area contributed by atoms with Crippen molar-refractivity contribution in [3.63, 3.8) is 0 Å². The molecule has 3 rings (SSSR count). The zero-order valence-corrected chi connectivity index (χ0v) is 16.7. The number of piperazine rings is 1. The molecule has 1 unspecified atom stereocenters. The molecule has 2 heterocycles. The molecule has 0 aliphatic carbocycles. The van der Waals surface area contributed by atoms with Crippen LogP contribution in [-0.2, 0) is 21.4 Å². The van der Waals surface area contributed by atoms with Crippen molar-refractivity contribution in [2.45, 2.75) is 31.8 Å². The number of amides is 1. The van der Waals surface area contributed by atoms with E-state index in [2.05, 4.69) is 11.0 Å². The molecule has 0 bridgehead atoms. The first-order chi connectivity index (χ1) is 12.3. The minimum Gasteiger partial charge on any atom is -0.339 e. The summed E-state index contributed by atoms with van der Waals surface area (Å²) in [6.07, 6.45) is 3.54. The molecule has 144 valence electrons. The van der Waals surface area contributed by atoms with Gasteiger partial charge in [0.25, 0.3) is 0 Å². The first-order valence-electron chi connectivity index (χ1n) is 9.07. The third kappa shape index (κ3) is 4.76. The van der Waals surface area contributed by atoms with Crippen LogP contribution in [0.1, 0.15) is 24.8 Å². The van der Waals surface area contributed by atoms with Crippen LogP contribution in [0.4, 0.5) is 0 Å². The van der Waals surface area contributed by atoms with Crippen molar-refractivity contribution in [1.82, 2.24) is 14.1 Å². The lowest BCUT2D eigenvalue weighted by atomic mass is 10.0. The van der Waals surface area contributed by atoms with E-state index in [1.807, 2.05) is 23.1 Å². The van der Waals surface area contributed by atoms with Crippen molar-refractivity contribution in [3.8, 4) is 0 Å². The van der Waals surface area contributed by atoms with Gasteiger partial charge < -0.3 is 4.90 Å². The van der Waals surface area contributed by atoms with Gasteiger partial charge in [0.2, 0.25) is 15.9 Å². The molecule has 2 fully saturated rings. The van der Waals surface area contributed by atoms with Gasteiger partial charge in [-0.25, -0.2) is 8.42 Å². The number of benzene rings is 1. The van der Waals surface area contributed by atoms with Gasteiger partial charge in [-0.1, -0.05) is 30.2 Å².